The van der Waals surface area contributed by atoms with Gasteiger partial charge in [0.05, 0.1) is 45.9 Å². The molecular weight excluding hydrogens is 514 g/mol. The molecule has 1 aromatic heterocycles. The van der Waals surface area contributed by atoms with E-state index in [1.807, 2.05) is 13.8 Å². The zero-order valence-electron chi connectivity index (χ0n) is 20.1. The maximum Gasteiger partial charge on any atom is 0.277 e. The van der Waals surface area contributed by atoms with Gasteiger partial charge in [-0.1, -0.05) is 25.2 Å². The maximum atomic E-state index is 13.6. The predicted octanol–water partition coefficient (Wildman–Crippen LogP) is 4.54. The van der Waals surface area contributed by atoms with Crippen LogP contribution in [0.25, 0.3) is 10.2 Å². The fraction of sp³-hybridized carbons (Fsp3) is 0.364. The van der Waals surface area contributed by atoms with Crippen LogP contribution >= 0.6 is 23.7 Å². The number of ether oxygens (including phenoxy) is 2. The smallest absolute Gasteiger partial charge is 0.277 e. The van der Waals surface area contributed by atoms with Crippen LogP contribution < -0.4 is 14.4 Å². The first-order chi connectivity index (χ1) is 16.7. The Balaban J connectivity index is 0.00000456. The Labute approximate surface area is 217 Å². The van der Waals surface area contributed by atoms with Crippen molar-refractivity contribution in [3.8, 4) is 11.5 Å². The van der Waals surface area contributed by atoms with Gasteiger partial charge in [-0.15, -0.1) is 12.4 Å². The molecule has 3 aromatic rings. The van der Waals surface area contributed by atoms with Crippen molar-refractivity contribution >= 4 is 56.4 Å². The minimum Gasteiger partial charge on any atom is -0.493 e. The van der Waals surface area contributed by atoms with Crippen molar-refractivity contribution in [1.29, 1.82) is 0 Å². The van der Waals surface area contributed by atoms with Crippen molar-refractivity contribution in [2.45, 2.75) is 13.8 Å². The number of nitro groups is 2. The van der Waals surface area contributed by atoms with Crippen molar-refractivity contribution in [1.82, 2.24) is 9.88 Å². The van der Waals surface area contributed by atoms with E-state index < -0.39 is 27.1 Å². The van der Waals surface area contributed by atoms with Gasteiger partial charge in [-0.2, -0.15) is 0 Å². The van der Waals surface area contributed by atoms with Crippen LogP contribution in [0.3, 0.4) is 0 Å². The lowest BCUT2D eigenvalue weighted by atomic mass is 10.1. The van der Waals surface area contributed by atoms with Crippen LogP contribution in [0, 0.1) is 20.2 Å². The summed E-state index contributed by atoms with van der Waals surface area (Å²) in [6, 6.07) is 6.35. The Morgan fingerprint density at radius 1 is 0.944 bits per heavy atom. The van der Waals surface area contributed by atoms with Crippen LogP contribution in [0.2, 0.25) is 0 Å². The number of carbonyl (C=O) groups is 1. The highest BCUT2D eigenvalue weighted by Crippen LogP contribution is 2.38. The van der Waals surface area contributed by atoms with E-state index in [2.05, 4.69) is 9.88 Å². The summed E-state index contributed by atoms with van der Waals surface area (Å²) in [5.74, 6) is 0.361. The molecule has 0 aliphatic carbocycles. The van der Waals surface area contributed by atoms with Crippen LogP contribution in [-0.4, -0.2) is 66.0 Å². The molecule has 194 valence electrons. The van der Waals surface area contributed by atoms with Crippen molar-refractivity contribution in [2.24, 2.45) is 0 Å². The first kappa shape index (κ1) is 28.7. The lowest BCUT2D eigenvalue weighted by Gasteiger charge is -2.24. The number of nitrogens with zero attached hydrogens (tertiary/aromatic N) is 5. The number of hydrogen-bond donors (Lipinski definition) is 0. The monoisotopic (exact) mass is 539 g/mol. The van der Waals surface area contributed by atoms with Gasteiger partial charge in [0.25, 0.3) is 17.3 Å². The Hall–Kier alpha value is -3.55. The highest BCUT2D eigenvalue weighted by Gasteiger charge is 2.27. The second kappa shape index (κ2) is 12.4. The summed E-state index contributed by atoms with van der Waals surface area (Å²) in [6.45, 7) is 6.25. The number of halogens is 1. The number of aromatic nitrogens is 1. The molecule has 0 fully saturated rings. The molecule has 1 heterocycles. The number of rotatable bonds is 11. The Morgan fingerprint density at radius 2 is 1.50 bits per heavy atom. The zero-order chi connectivity index (χ0) is 25.7. The van der Waals surface area contributed by atoms with Gasteiger partial charge in [-0.25, -0.2) is 4.98 Å². The van der Waals surface area contributed by atoms with E-state index in [1.54, 1.807) is 12.1 Å². The van der Waals surface area contributed by atoms with Gasteiger partial charge in [0, 0.05) is 37.4 Å². The summed E-state index contributed by atoms with van der Waals surface area (Å²) in [5, 5.41) is 23.0. The number of nitro benzene ring substituents is 2. The molecule has 0 aliphatic rings. The molecule has 1 amide bonds. The van der Waals surface area contributed by atoms with E-state index in [1.165, 1.54) is 30.5 Å². The van der Waals surface area contributed by atoms with E-state index in [0.29, 0.717) is 28.7 Å². The number of thiazole rings is 1. The lowest BCUT2D eigenvalue weighted by molar-refractivity contribution is -0.394. The average molecular weight is 540 g/mol. The second-order valence-corrected chi connectivity index (χ2v) is 8.42. The number of fused-ring (bicyclic) bond motifs is 1. The number of anilines is 1. The number of likely N-dealkylation sites (N-methyl/N-ethyl adjacent to an activating group) is 1. The number of non-ortho nitro benzene ring substituents is 2. The molecule has 12 nitrogen and oxygen atoms in total. The van der Waals surface area contributed by atoms with Crippen LogP contribution in [0.15, 0.2) is 30.3 Å². The molecule has 0 N–H and O–H groups in total. The third-order valence-electron chi connectivity index (χ3n) is 5.46. The molecule has 0 bridgehead atoms. The number of hydrogen-bond acceptors (Lipinski definition) is 10. The van der Waals surface area contributed by atoms with Crippen LogP contribution in [-0.2, 0) is 0 Å². The molecule has 0 radical (unpaired) electrons. The first-order valence-corrected chi connectivity index (χ1v) is 11.5. The van der Waals surface area contributed by atoms with E-state index in [9.17, 15) is 25.0 Å². The number of amides is 1. The van der Waals surface area contributed by atoms with Gasteiger partial charge in [0.1, 0.15) is 0 Å². The predicted molar refractivity (Wildman–Crippen MR) is 139 cm³/mol. The lowest BCUT2D eigenvalue weighted by Crippen LogP contribution is -2.38. The molecule has 3 rings (SSSR count). The van der Waals surface area contributed by atoms with Gasteiger partial charge < -0.3 is 14.4 Å². The first-order valence-electron chi connectivity index (χ1n) is 10.7. The topological polar surface area (TPSA) is 141 Å². The standard InChI is InChI=1S/C22H25N5O7S.ClH/c1-5-24(6-2)7-8-25(21(28)14-9-15(26(29)30)11-16(10-14)27(31)32)22-23-17-12-18(33-3)19(34-4)13-20(17)35-22;/h9-13H,5-8H2,1-4H3;1H. The summed E-state index contributed by atoms with van der Waals surface area (Å²) in [6.07, 6.45) is 0. The third kappa shape index (κ3) is 6.17. The highest BCUT2D eigenvalue weighted by molar-refractivity contribution is 7.22. The summed E-state index contributed by atoms with van der Waals surface area (Å²) < 4.78 is 11.4. The third-order valence-corrected chi connectivity index (χ3v) is 6.51. The largest absolute Gasteiger partial charge is 0.493 e. The summed E-state index contributed by atoms with van der Waals surface area (Å²) in [7, 11) is 3.02. The second-order valence-electron chi connectivity index (χ2n) is 7.41. The minimum atomic E-state index is -0.764. The highest BCUT2D eigenvalue weighted by atomic mass is 35.5. The summed E-state index contributed by atoms with van der Waals surface area (Å²) in [4.78, 5) is 42.8. The molecule has 14 heteroatoms. The van der Waals surface area contributed by atoms with Crippen LogP contribution in [0.1, 0.15) is 24.2 Å². The zero-order valence-corrected chi connectivity index (χ0v) is 21.8. The molecular formula is C22H26ClN5O7S. The van der Waals surface area contributed by atoms with Crippen molar-refractivity contribution in [2.75, 3.05) is 45.3 Å². The average Bonchev–Trinajstić information content (AvgIpc) is 3.27. The minimum absolute atomic E-state index is 0. The van der Waals surface area contributed by atoms with E-state index in [-0.39, 0.29) is 24.5 Å². The quantitative estimate of drug-likeness (QED) is 0.253. The van der Waals surface area contributed by atoms with Crippen LogP contribution in [0.4, 0.5) is 16.5 Å². The fourth-order valence-electron chi connectivity index (χ4n) is 3.51. The Morgan fingerprint density at radius 3 is 2.00 bits per heavy atom. The van der Waals surface area contributed by atoms with Crippen molar-refractivity contribution in [3.63, 3.8) is 0 Å². The molecule has 0 unspecified atom stereocenters. The van der Waals surface area contributed by atoms with Gasteiger partial charge in [-0.05, 0) is 13.1 Å². The fourth-order valence-corrected chi connectivity index (χ4v) is 4.51. The Bertz CT molecular complexity index is 1190. The maximum absolute atomic E-state index is 13.6. The molecule has 0 atom stereocenters. The molecule has 2 aromatic carbocycles. The normalized spacial score (nSPS) is 10.7. The summed E-state index contributed by atoms with van der Waals surface area (Å²) in [5.41, 5.74) is -0.664. The molecule has 36 heavy (non-hydrogen) atoms. The molecule has 0 saturated carbocycles. The molecule has 0 aliphatic heterocycles. The van der Waals surface area contributed by atoms with E-state index in [0.717, 1.165) is 36.0 Å². The Kier molecular flexibility index (Phi) is 9.90. The van der Waals surface area contributed by atoms with Crippen molar-refractivity contribution < 1.29 is 24.1 Å². The van der Waals surface area contributed by atoms with Gasteiger partial charge in [0.15, 0.2) is 16.6 Å². The number of carbonyl (C=O) groups excluding carboxylic acids is 1. The van der Waals surface area contributed by atoms with E-state index >= 15 is 0 Å². The number of benzene rings is 2. The van der Waals surface area contributed by atoms with Gasteiger partial charge in [0.2, 0.25) is 0 Å². The van der Waals surface area contributed by atoms with Gasteiger partial charge in [-0.3, -0.25) is 29.9 Å². The SMILES string of the molecule is CCN(CC)CCN(C(=O)c1cc([N+](=O)[O-])cc([N+](=O)[O-])c1)c1nc2cc(OC)c(OC)cc2s1.Cl. The molecule has 0 spiro atoms. The van der Waals surface area contributed by atoms with E-state index in [4.69, 9.17) is 9.47 Å². The van der Waals surface area contributed by atoms with Crippen LogP contribution in [0.5, 0.6) is 11.5 Å². The summed E-state index contributed by atoms with van der Waals surface area (Å²) >= 11 is 1.24. The number of methoxy groups -OCH3 is 2. The van der Waals surface area contributed by atoms with Gasteiger partial charge >= 0.3 is 0 Å². The molecule has 0 saturated heterocycles. The van der Waals surface area contributed by atoms with Crippen molar-refractivity contribution in [3.05, 3.63) is 56.1 Å².